The average molecular weight is 455 g/mol. The molecular formula is C25H30N2O6. The standard InChI is InChI=1S/C25H30N2O6/c1-17(2)23-22(14-18-12-20(30-3)15-21(13-18)31-4)27(25(29)26-24(23)28)16-32-10-11-33-19-8-6-5-7-9-19/h5-9,12-13,15,17H,10-11,14,16H2,1-4H3,(H,26,28,29). The monoisotopic (exact) mass is 454 g/mol. The third-order valence-corrected chi connectivity index (χ3v) is 5.17. The second kappa shape index (κ2) is 11.4. The molecule has 3 rings (SSSR count). The van der Waals surface area contributed by atoms with Gasteiger partial charge in [0.25, 0.3) is 5.56 Å². The van der Waals surface area contributed by atoms with Gasteiger partial charge in [-0.1, -0.05) is 32.0 Å². The van der Waals surface area contributed by atoms with Crippen LogP contribution in [-0.4, -0.2) is 37.0 Å². The highest BCUT2D eigenvalue weighted by molar-refractivity contribution is 5.41. The largest absolute Gasteiger partial charge is 0.497 e. The quantitative estimate of drug-likeness (QED) is 0.447. The van der Waals surface area contributed by atoms with Crippen LogP contribution < -0.4 is 25.5 Å². The number of H-pyrrole nitrogens is 1. The molecule has 0 aliphatic rings. The second-order valence-electron chi connectivity index (χ2n) is 7.80. The van der Waals surface area contributed by atoms with Gasteiger partial charge >= 0.3 is 5.69 Å². The molecule has 0 spiro atoms. The number of aromatic nitrogens is 2. The van der Waals surface area contributed by atoms with Gasteiger partial charge in [0.15, 0.2) is 0 Å². The number of hydrogen-bond donors (Lipinski definition) is 1. The first-order valence-corrected chi connectivity index (χ1v) is 10.8. The molecule has 0 aliphatic carbocycles. The predicted octanol–water partition coefficient (Wildman–Crippen LogP) is 3.32. The Balaban J connectivity index is 1.85. The van der Waals surface area contributed by atoms with E-state index in [0.29, 0.717) is 35.8 Å². The zero-order chi connectivity index (χ0) is 23.8. The summed E-state index contributed by atoms with van der Waals surface area (Å²) in [7, 11) is 3.15. The predicted molar refractivity (Wildman–Crippen MR) is 126 cm³/mol. The van der Waals surface area contributed by atoms with Crippen molar-refractivity contribution in [1.29, 1.82) is 0 Å². The minimum atomic E-state index is -0.516. The molecule has 2 aromatic carbocycles. The Hall–Kier alpha value is -3.52. The average Bonchev–Trinajstić information content (AvgIpc) is 2.80. The highest BCUT2D eigenvalue weighted by Gasteiger charge is 2.19. The van der Waals surface area contributed by atoms with Gasteiger partial charge in [-0.25, -0.2) is 4.79 Å². The Kier molecular flexibility index (Phi) is 8.32. The maximum Gasteiger partial charge on any atom is 0.330 e. The smallest absolute Gasteiger partial charge is 0.330 e. The molecule has 0 aliphatic heterocycles. The van der Waals surface area contributed by atoms with Gasteiger partial charge in [0.1, 0.15) is 30.6 Å². The SMILES string of the molecule is COc1cc(Cc2c(C(C)C)c(=O)[nH]c(=O)n2COCCOc2ccccc2)cc(OC)c1. The summed E-state index contributed by atoms with van der Waals surface area (Å²) >= 11 is 0. The topological polar surface area (TPSA) is 91.8 Å². The molecule has 1 N–H and O–H groups in total. The van der Waals surface area contributed by atoms with Crippen LogP contribution in [0.2, 0.25) is 0 Å². The fraction of sp³-hybridized carbons (Fsp3) is 0.360. The lowest BCUT2D eigenvalue weighted by Crippen LogP contribution is -2.37. The number of hydrogen-bond acceptors (Lipinski definition) is 6. The van der Waals surface area contributed by atoms with Crippen LogP contribution in [0.1, 0.15) is 36.6 Å². The number of rotatable bonds is 11. The van der Waals surface area contributed by atoms with Gasteiger partial charge in [0.2, 0.25) is 0 Å². The number of ether oxygens (including phenoxy) is 4. The van der Waals surface area contributed by atoms with Crippen LogP contribution in [0.5, 0.6) is 17.2 Å². The maximum absolute atomic E-state index is 12.7. The van der Waals surface area contributed by atoms with E-state index in [9.17, 15) is 9.59 Å². The van der Waals surface area contributed by atoms with Gasteiger partial charge < -0.3 is 18.9 Å². The summed E-state index contributed by atoms with van der Waals surface area (Å²) in [6, 6.07) is 14.9. The summed E-state index contributed by atoms with van der Waals surface area (Å²) in [4.78, 5) is 27.8. The van der Waals surface area contributed by atoms with Crippen LogP contribution in [0.3, 0.4) is 0 Å². The first-order chi connectivity index (χ1) is 15.9. The molecule has 33 heavy (non-hydrogen) atoms. The van der Waals surface area contributed by atoms with E-state index >= 15 is 0 Å². The third kappa shape index (κ3) is 6.26. The van der Waals surface area contributed by atoms with Crippen LogP contribution in [0.15, 0.2) is 58.1 Å². The van der Waals surface area contributed by atoms with E-state index in [1.54, 1.807) is 20.3 Å². The molecule has 0 saturated heterocycles. The second-order valence-corrected chi connectivity index (χ2v) is 7.80. The summed E-state index contributed by atoms with van der Waals surface area (Å²) in [5, 5.41) is 0. The van der Waals surface area contributed by atoms with Crippen molar-refractivity contribution in [1.82, 2.24) is 9.55 Å². The summed E-state index contributed by atoms with van der Waals surface area (Å²) in [5.41, 5.74) is 1.08. The lowest BCUT2D eigenvalue weighted by molar-refractivity contribution is 0.0496. The van der Waals surface area contributed by atoms with Crippen molar-refractivity contribution in [3.8, 4) is 17.2 Å². The van der Waals surface area contributed by atoms with Crippen LogP contribution in [0, 0.1) is 0 Å². The number of nitrogens with one attached hydrogen (secondary N) is 1. The first-order valence-electron chi connectivity index (χ1n) is 10.8. The number of nitrogens with zero attached hydrogens (tertiary/aromatic N) is 1. The molecule has 176 valence electrons. The number of methoxy groups -OCH3 is 2. The van der Waals surface area contributed by atoms with Gasteiger partial charge in [0, 0.05) is 23.7 Å². The fourth-order valence-corrected chi connectivity index (χ4v) is 3.61. The normalized spacial score (nSPS) is 10.9. The van der Waals surface area contributed by atoms with Crippen molar-refractivity contribution < 1.29 is 18.9 Å². The Morgan fingerprint density at radius 1 is 0.909 bits per heavy atom. The molecule has 8 nitrogen and oxygen atoms in total. The molecule has 0 atom stereocenters. The molecule has 8 heteroatoms. The van der Waals surface area contributed by atoms with E-state index in [2.05, 4.69) is 4.98 Å². The Labute approximate surface area is 192 Å². The van der Waals surface area contributed by atoms with Gasteiger partial charge in [-0.3, -0.25) is 14.3 Å². The zero-order valence-corrected chi connectivity index (χ0v) is 19.4. The van der Waals surface area contributed by atoms with Crippen molar-refractivity contribution in [3.63, 3.8) is 0 Å². The molecule has 1 heterocycles. The summed E-state index contributed by atoms with van der Waals surface area (Å²) < 4.78 is 23.6. The fourth-order valence-electron chi connectivity index (χ4n) is 3.61. The first kappa shape index (κ1) is 24.1. The van der Waals surface area contributed by atoms with Crippen LogP contribution in [0.25, 0.3) is 0 Å². The van der Waals surface area contributed by atoms with Crippen molar-refractivity contribution in [3.05, 3.63) is 86.2 Å². The Bertz CT molecular complexity index is 1150. The van der Waals surface area contributed by atoms with Crippen molar-refractivity contribution in [2.75, 3.05) is 27.4 Å². The van der Waals surface area contributed by atoms with E-state index in [1.807, 2.05) is 56.3 Å². The molecular weight excluding hydrogens is 424 g/mol. The lowest BCUT2D eigenvalue weighted by atomic mass is 9.98. The van der Waals surface area contributed by atoms with Crippen molar-refractivity contribution in [2.24, 2.45) is 0 Å². The molecule has 0 bridgehead atoms. The minimum Gasteiger partial charge on any atom is -0.497 e. The van der Waals surface area contributed by atoms with Crippen LogP contribution in [0.4, 0.5) is 0 Å². The van der Waals surface area contributed by atoms with Crippen LogP contribution in [-0.2, 0) is 17.9 Å². The lowest BCUT2D eigenvalue weighted by Gasteiger charge is -2.19. The summed E-state index contributed by atoms with van der Waals surface area (Å²) in [6.45, 7) is 4.45. The van der Waals surface area contributed by atoms with Gasteiger partial charge in [-0.15, -0.1) is 0 Å². The van der Waals surface area contributed by atoms with Crippen molar-refractivity contribution >= 4 is 0 Å². The van der Waals surface area contributed by atoms with E-state index in [1.165, 1.54) is 4.57 Å². The molecule has 0 saturated carbocycles. The molecule has 1 aromatic heterocycles. The van der Waals surface area contributed by atoms with Gasteiger partial charge in [-0.2, -0.15) is 0 Å². The van der Waals surface area contributed by atoms with Gasteiger partial charge in [-0.05, 0) is 35.7 Å². The molecule has 0 amide bonds. The maximum atomic E-state index is 12.7. The Morgan fingerprint density at radius 3 is 2.18 bits per heavy atom. The van der Waals surface area contributed by atoms with E-state index in [-0.39, 0.29) is 24.8 Å². The van der Waals surface area contributed by atoms with Crippen molar-refractivity contribution in [2.45, 2.75) is 32.9 Å². The number of para-hydroxylation sites is 1. The van der Waals surface area contributed by atoms with Gasteiger partial charge in [0.05, 0.1) is 20.8 Å². The highest BCUT2D eigenvalue weighted by atomic mass is 16.5. The number of aromatic amines is 1. The summed E-state index contributed by atoms with van der Waals surface area (Å²) in [5.74, 6) is 1.91. The third-order valence-electron chi connectivity index (χ3n) is 5.17. The minimum absolute atomic E-state index is 0.0100. The molecule has 0 fully saturated rings. The number of benzene rings is 2. The van der Waals surface area contributed by atoms with E-state index in [4.69, 9.17) is 18.9 Å². The molecule has 0 radical (unpaired) electrons. The molecule has 3 aromatic rings. The highest BCUT2D eigenvalue weighted by Crippen LogP contribution is 2.25. The van der Waals surface area contributed by atoms with E-state index < -0.39 is 5.69 Å². The zero-order valence-electron chi connectivity index (χ0n) is 19.4. The summed E-state index contributed by atoms with van der Waals surface area (Å²) in [6.07, 6.45) is 0.337. The molecule has 0 unspecified atom stereocenters. The van der Waals surface area contributed by atoms with E-state index in [0.717, 1.165) is 11.3 Å². The van der Waals surface area contributed by atoms with Crippen LogP contribution >= 0.6 is 0 Å². The Morgan fingerprint density at radius 2 is 1.58 bits per heavy atom.